The number of nitrogens with one attached hydrogen (secondary N) is 1. The molecule has 0 saturated heterocycles. The minimum Gasteiger partial charge on any atom is -0.390 e. The Labute approximate surface area is 98.5 Å². The van der Waals surface area contributed by atoms with Crippen molar-refractivity contribution in [3.63, 3.8) is 0 Å². The van der Waals surface area contributed by atoms with Crippen LogP contribution in [0.4, 0.5) is 8.78 Å². The van der Waals surface area contributed by atoms with Crippen LogP contribution in [0.1, 0.15) is 11.1 Å². The lowest BCUT2D eigenvalue weighted by atomic mass is 10.1. The van der Waals surface area contributed by atoms with Crippen LogP contribution < -0.4 is 5.32 Å². The van der Waals surface area contributed by atoms with E-state index in [1.165, 1.54) is 0 Å². The predicted molar refractivity (Wildman–Crippen MR) is 59.9 cm³/mol. The van der Waals surface area contributed by atoms with Gasteiger partial charge in [0.2, 0.25) is 5.91 Å². The van der Waals surface area contributed by atoms with E-state index in [9.17, 15) is 13.6 Å². The van der Waals surface area contributed by atoms with Gasteiger partial charge in [-0.15, -0.1) is 0 Å². The molecule has 0 atom stereocenters. The summed E-state index contributed by atoms with van der Waals surface area (Å²) in [6.45, 7) is -0.253. The highest BCUT2D eigenvalue weighted by molar-refractivity contribution is 5.78. The van der Waals surface area contributed by atoms with Crippen molar-refractivity contribution in [3.05, 3.63) is 35.4 Å². The summed E-state index contributed by atoms with van der Waals surface area (Å²) in [4.78, 5) is 11.4. The van der Waals surface area contributed by atoms with Crippen LogP contribution in [0.15, 0.2) is 24.3 Å². The minimum absolute atomic E-state index is 0.0637. The first kappa shape index (κ1) is 13.6. The van der Waals surface area contributed by atoms with E-state index >= 15 is 0 Å². The highest BCUT2D eigenvalue weighted by Gasteiger charge is 2.28. The molecule has 0 aliphatic heterocycles. The average molecular weight is 243 g/mol. The monoisotopic (exact) mass is 243 g/mol. The van der Waals surface area contributed by atoms with Gasteiger partial charge in [-0.1, -0.05) is 24.3 Å². The molecule has 1 rings (SSSR count). The summed E-state index contributed by atoms with van der Waals surface area (Å²) in [6.07, 6.45) is 0.0637. The number of amides is 1. The molecule has 0 heterocycles. The quantitative estimate of drug-likeness (QED) is 0.818. The van der Waals surface area contributed by atoms with Crippen LogP contribution >= 0.6 is 0 Å². The van der Waals surface area contributed by atoms with E-state index in [1.807, 2.05) is 19.1 Å². The van der Waals surface area contributed by atoms with Crippen molar-refractivity contribution in [3.8, 4) is 0 Å². The average Bonchev–Trinajstić information content (AvgIpc) is 2.30. The lowest BCUT2D eigenvalue weighted by Crippen LogP contribution is -2.39. The van der Waals surface area contributed by atoms with E-state index < -0.39 is 25.0 Å². The summed E-state index contributed by atoms with van der Waals surface area (Å²) in [6, 6.07) is 7.26. The third kappa shape index (κ3) is 4.48. The molecule has 3 nitrogen and oxygen atoms in total. The zero-order valence-corrected chi connectivity index (χ0v) is 9.54. The number of hydrogen-bond donors (Lipinski definition) is 2. The second kappa shape index (κ2) is 5.72. The molecule has 1 aromatic carbocycles. The second-order valence-corrected chi connectivity index (χ2v) is 3.89. The van der Waals surface area contributed by atoms with Crippen molar-refractivity contribution in [2.75, 3.05) is 13.2 Å². The lowest BCUT2D eigenvalue weighted by Gasteiger charge is -2.14. The first-order valence-corrected chi connectivity index (χ1v) is 5.24. The van der Waals surface area contributed by atoms with Gasteiger partial charge in [0.1, 0.15) is 6.61 Å². The van der Waals surface area contributed by atoms with E-state index in [-0.39, 0.29) is 6.42 Å². The molecule has 0 saturated carbocycles. The van der Waals surface area contributed by atoms with Crippen molar-refractivity contribution in [1.82, 2.24) is 5.32 Å². The van der Waals surface area contributed by atoms with E-state index in [1.54, 1.807) is 12.1 Å². The van der Waals surface area contributed by atoms with Crippen LogP contribution in [0, 0.1) is 6.92 Å². The van der Waals surface area contributed by atoms with E-state index in [4.69, 9.17) is 5.11 Å². The van der Waals surface area contributed by atoms with Crippen LogP contribution in [-0.2, 0) is 11.2 Å². The predicted octanol–water partition coefficient (Wildman–Crippen LogP) is 1.28. The highest BCUT2D eigenvalue weighted by atomic mass is 19.3. The molecular formula is C12H15F2NO2. The van der Waals surface area contributed by atoms with Gasteiger partial charge in [-0.05, 0) is 18.1 Å². The van der Waals surface area contributed by atoms with Gasteiger partial charge in [-0.3, -0.25) is 4.79 Å². The van der Waals surface area contributed by atoms with Crippen molar-refractivity contribution < 1.29 is 18.7 Å². The smallest absolute Gasteiger partial charge is 0.287 e. The topological polar surface area (TPSA) is 49.3 Å². The van der Waals surface area contributed by atoms with Crippen molar-refractivity contribution in [2.24, 2.45) is 0 Å². The largest absolute Gasteiger partial charge is 0.390 e. The van der Waals surface area contributed by atoms with Gasteiger partial charge in [0, 0.05) is 0 Å². The van der Waals surface area contributed by atoms with E-state index in [2.05, 4.69) is 5.32 Å². The maximum atomic E-state index is 12.7. The van der Waals surface area contributed by atoms with Crippen LogP contribution in [0.25, 0.3) is 0 Å². The van der Waals surface area contributed by atoms with Gasteiger partial charge in [0.05, 0.1) is 13.0 Å². The fourth-order valence-electron chi connectivity index (χ4n) is 1.33. The minimum atomic E-state index is -3.26. The van der Waals surface area contributed by atoms with Crippen molar-refractivity contribution in [2.45, 2.75) is 19.3 Å². The molecule has 0 aliphatic rings. The number of aliphatic hydroxyl groups excluding tert-OH is 1. The molecule has 0 fully saturated rings. The molecule has 0 spiro atoms. The Hall–Kier alpha value is -1.49. The molecule has 17 heavy (non-hydrogen) atoms. The maximum absolute atomic E-state index is 12.7. The van der Waals surface area contributed by atoms with Gasteiger partial charge in [-0.2, -0.15) is 0 Å². The second-order valence-electron chi connectivity index (χ2n) is 3.89. The highest BCUT2D eigenvalue weighted by Crippen LogP contribution is 2.11. The van der Waals surface area contributed by atoms with Crippen LogP contribution in [0.5, 0.6) is 0 Å². The standard InChI is InChI=1S/C12H15F2NO2/c1-9-4-2-3-5-10(9)6-11(17)15-7-12(13,14)8-16/h2-5,16H,6-8H2,1H3,(H,15,17). The van der Waals surface area contributed by atoms with Crippen LogP contribution in [0.2, 0.25) is 0 Å². The Morgan fingerprint density at radius 3 is 2.65 bits per heavy atom. The number of alkyl halides is 2. The molecule has 1 amide bonds. The molecule has 5 heteroatoms. The number of carbonyl (C=O) groups is 1. The third-order valence-corrected chi connectivity index (χ3v) is 2.39. The zero-order valence-electron chi connectivity index (χ0n) is 9.54. The fraction of sp³-hybridized carbons (Fsp3) is 0.417. The number of rotatable bonds is 5. The summed E-state index contributed by atoms with van der Waals surface area (Å²) >= 11 is 0. The summed E-state index contributed by atoms with van der Waals surface area (Å²) in [7, 11) is 0. The van der Waals surface area contributed by atoms with E-state index in [0.29, 0.717) is 0 Å². The Bertz CT molecular complexity index is 394. The van der Waals surface area contributed by atoms with Gasteiger partial charge in [0.25, 0.3) is 5.92 Å². The molecule has 1 aromatic rings. The van der Waals surface area contributed by atoms with Crippen molar-refractivity contribution >= 4 is 5.91 Å². The number of carbonyl (C=O) groups excluding carboxylic acids is 1. The molecule has 0 radical (unpaired) electrons. The first-order valence-electron chi connectivity index (χ1n) is 5.24. The number of aliphatic hydroxyl groups is 1. The first-order chi connectivity index (χ1) is 7.94. The number of benzene rings is 1. The SMILES string of the molecule is Cc1ccccc1CC(=O)NCC(F)(F)CO. The normalized spacial score (nSPS) is 11.3. The van der Waals surface area contributed by atoms with Crippen LogP contribution in [0.3, 0.4) is 0 Å². The molecule has 0 aliphatic carbocycles. The van der Waals surface area contributed by atoms with Crippen molar-refractivity contribution in [1.29, 1.82) is 0 Å². The summed E-state index contributed by atoms with van der Waals surface area (Å²) in [5.74, 6) is -3.74. The Morgan fingerprint density at radius 2 is 2.06 bits per heavy atom. The summed E-state index contributed by atoms with van der Waals surface area (Å²) < 4.78 is 25.3. The molecule has 2 N–H and O–H groups in total. The molecule has 94 valence electrons. The van der Waals surface area contributed by atoms with Crippen LogP contribution in [-0.4, -0.2) is 30.1 Å². The van der Waals surface area contributed by atoms with Gasteiger partial charge in [-0.25, -0.2) is 8.78 Å². The Kier molecular flexibility index (Phi) is 4.57. The zero-order chi connectivity index (χ0) is 12.9. The van der Waals surface area contributed by atoms with Gasteiger partial charge >= 0.3 is 0 Å². The van der Waals surface area contributed by atoms with Gasteiger partial charge in [0.15, 0.2) is 0 Å². The number of hydrogen-bond acceptors (Lipinski definition) is 2. The van der Waals surface area contributed by atoms with Gasteiger partial charge < -0.3 is 10.4 Å². The molecule has 0 aromatic heterocycles. The molecular weight excluding hydrogens is 228 g/mol. The lowest BCUT2D eigenvalue weighted by molar-refractivity contribution is -0.123. The molecule has 0 unspecified atom stereocenters. The fourth-order valence-corrected chi connectivity index (χ4v) is 1.33. The summed E-state index contributed by atoms with van der Waals surface area (Å²) in [5, 5.41) is 10.4. The summed E-state index contributed by atoms with van der Waals surface area (Å²) in [5.41, 5.74) is 1.74. The molecule has 0 bridgehead atoms. The maximum Gasteiger partial charge on any atom is 0.287 e. The number of aryl methyl sites for hydroxylation is 1. The Morgan fingerprint density at radius 1 is 1.41 bits per heavy atom. The van der Waals surface area contributed by atoms with E-state index in [0.717, 1.165) is 11.1 Å². The third-order valence-electron chi connectivity index (χ3n) is 2.39. The Balaban J connectivity index is 2.48. The number of halogens is 2.